The van der Waals surface area contributed by atoms with Crippen LogP contribution in [0.3, 0.4) is 0 Å². The lowest BCUT2D eigenvalue weighted by atomic mass is 10.4. The molecule has 2 N–H and O–H groups in total. The molecule has 90 valence electrons. The van der Waals surface area contributed by atoms with Crippen LogP contribution in [0.4, 0.5) is 5.95 Å². The van der Waals surface area contributed by atoms with E-state index >= 15 is 0 Å². The summed E-state index contributed by atoms with van der Waals surface area (Å²) in [7, 11) is 1.69. The highest BCUT2D eigenvalue weighted by atomic mass is 127. The number of hydrogen-bond donors (Lipinski definition) is 1. The van der Waals surface area contributed by atoms with Gasteiger partial charge in [-0.15, -0.1) is 0 Å². The Balaban J connectivity index is 2.62. The van der Waals surface area contributed by atoms with Crippen molar-refractivity contribution in [2.75, 3.05) is 38.3 Å². The van der Waals surface area contributed by atoms with E-state index in [4.69, 9.17) is 10.5 Å². The summed E-state index contributed by atoms with van der Waals surface area (Å²) in [6.45, 7) is 2.99. The molecule has 0 aliphatic rings. The molecule has 0 bridgehead atoms. The minimum atomic E-state index is 0.667. The van der Waals surface area contributed by atoms with Crippen LogP contribution >= 0.6 is 22.6 Å². The van der Waals surface area contributed by atoms with Gasteiger partial charge in [0, 0.05) is 36.2 Å². The lowest BCUT2D eigenvalue weighted by molar-refractivity contribution is 0.205. The SMILES string of the molecule is COCCN(CCCN)c1ncc(I)cn1. The maximum atomic E-state index is 5.51. The zero-order valence-electron chi connectivity index (χ0n) is 9.40. The van der Waals surface area contributed by atoms with Crippen molar-refractivity contribution in [2.24, 2.45) is 5.73 Å². The number of nitrogens with zero attached hydrogens (tertiary/aromatic N) is 3. The summed E-state index contributed by atoms with van der Waals surface area (Å²) in [5.41, 5.74) is 5.51. The van der Waals surface area contributed by atoms with Gasteiger partial charge < -0.3 is 15.4 Å². The topological polar surface area (TPSA) is 64.3 Å². The standard InChI is InChI=1S/C10H17IN4O/c1-16-6-5-15(4-2-3-12)10-13-7-9(11)8-14-10/h7-8H,2-6,12H2,1H3. The number of nitrogens with two attached hydrogens (primary N) is 1. The van der Waals surface area contributed by atoms with Crippen molar-refractivity contribution in [1.82, 2.24) is 9.97 Å². The van der Waals surface area contributed by atoms with E-state index < -0.39 is 0 Å². The summed E-state index contributed by atoms with van der Waals surface area (Å²) in [6.07, 6.45) is 4.55. The maximum Gasteiger partial charge on any atom is 0.225 e. The summed E-state index contributed by atoms with van der Waals surface area (Å²) in [6, 6.07) is 0. The molecule has 0 fully saturated rings. The summed E-state index contributed by atoms with van der Waals surface area (Å²) < 4.78 is 6.10. The fraction of sp³-hybridized carbons (Fsp3) is 0.600. The fourth-order valence-electron chi connectivity index (χ4n) is 1.26. The monoisotopic (exact) mass is 336 g/mol. The van der Waals surface area contributed by atoms with Gasteiger partial charge in [-0.2, -0.15) is 0 Å². The van der Waals surface area contributed by atoms with Gasteiger partial charge in [-0.25, -0.2) is 9.97 Å². The quantitative estimate of drug-likeness (QED) is 0.749. The number of aromatic nitrogens is 2. The van der Waals surface area contributed by atoms with Gasteiger partial charge in [-0.05, 0) is 35.6 Å². The summed E-state index contributed by atoms with van der Waals surface area (Å²) >= 11 is 2.19. The molecule has 0 amide bonds. The van der Waals surface area contributed by atoms with E-state index in [1.54, 1.807) is 7.11 Å². The van der Waals surface area contributed by atoms with Gasteiger partial charge in [0.25, 0.3) is 0 Å². The molecule has 16 heavy (non-hydrogen) atoms. The van der Waals surface area contributed by atoms with Crippen molar-refractivity contribution in [2.45, 2.75) is 6.42 Å². The maximum absolute atomic E-state index is 5.51. The number of hydrogen-bond acceptors (Lipinski definition) is 5. The first-order valence-electron chi connectivity index (χ1n) is 5.19. The van der Waals surface area contributed by atoms with E-state index in [9.17, 15) is 0 Å². The molecule has 0 aliphatic heterocycles. The Bertz CT molecular complexity index is 285. The van der Waals surface area contributed by atoms with Gasteiger partial charge >= 0.3 is 0 Å². The Morgan fingerprint density at radius 1 is 1.38 bits per heavy atom. The Labute approximate surface area is 110 Å². The number of halogens is 1. The van der Waals surface area contributed by atoms with Gasteiger partial charge in [0.2, 0.25) is 5.95 Å². The lowest BCUT2D eigenvalue weighted by Gasteiger charge is -2.21. The van der Waals surface area contributed by atoms with Crippen LogP contribution in [-0.4, -0.2) is 43.3 Å². The molecule has 0 saturated heterocycles. The van der Waals surface area contributed by atoms with Crippen molar-refractivity contribution in [3.63, 3.8) is 0 Å². The number of anilines is 1. The molecule has 1 aromatic heterocycles. The first kappa shape index (κ1) is 13.6. The van der Waals surface area contributed by atoms with E-state index in [-0.39, 0.29) is 0 Å². The van der Waals surface area contributed by atoms with Crippen molar-refractivity contribution in [3.8, 4) is 0 Å². The third kappa shape index (κ3) is 4.58. The van der Waals surface area contributed by atoms with Crippen LogP contribution in [0.2, 0.25) is 0 Å². The predicted molar refractivity (Wildman–Crippen MR) is 72.5 cm³/mol. The van der Waals surface area contributed by atoms with E-state index in [0.717, 1.165) is 29.0 Å². The van der Waals surface area contributed by atoms with Crippen LogP contribution in [0.1, 0.15) is 6.42 Å². The Kier molecular flexibility index (Phi) is 6.58. The summed E-state index contributed by atoms with van der Waals surface area (Å²) in [5, 5.41) is 0. The summed E-state index contributed by atoms with van der Waals surface area (Å²) in [4.78, 5) is 10.7. The Morgan fingerprint density at radius 3 is 2.62 bits per heavy atom. The van der Waals surface area contributed by atoms with Crippen LogP contribution < -0.4 is 10.6 Å². The summed E-state index contributed by atoms with van der Waals surface area (Å²) in [5.74, 6) is 0.742. The van der Waals surface area contributed by atoms with Gasteiger partial charge in [0.1, 0.15) is 0 Å². The normalized spacial score (nSPS) is 10.4. The molecule has 6 heteroatoms. The van der Waals surface area contributed by atoms with Gasteiger partial charge in [0.05, 0.1) is 6.61 Å². The van der Waals surface area contributed by atoms with Crippen molar-refractivity contribution < 1.29 is 4.74 Å². The molecule has 0 aliphatic carbocycles. The molecule has 5 nitrogen and oxygen atoms in total. The average molecular weight is 336 g/mol. The molecular weight excluding hydrogens is 319 g/mol. The molecular formula is C10H17IN4O. The molecule has 0 atom stereocenters. The van der Waals surface area contributed by atoms with E-state index in [0.29, 0.717) is 13.2 Å². The molecule has 0 spiro atoms. The second-order valence-electron chi connectivity index (χ2n) is 3.32. The highest BCUT2D eigenvalue weighted by Crippen LogP contribution is 2.08. The molecule has 0 aromatic carbocycles. The van der Waals surface area contributed by atoms with Gasteiger partial charge in [0.15, 0.2) is 0 Å². The Hall–Kier alpha value is -0.470. The predicted octanol–water partition coefficient (Wildman–Crippen LogP) is 0.883. The van der Waals surface area contributed by atoms with Crippen molar-refractivity contribution in [1.29, 1.82) is 0 Å². The van der Waals surface area contributed by atoms with Crippen LogP contribution in [0.15, 0.2) is 12.4 Å². The van der Waals surface area contributed by atoms with E-state index in [1.165, 1.54) is 0 Å². The van der Waals surface area contributed by atoms with Crippen LogP contribution in [0.5, 0.6) is 0 Å². The van der Waals surface area contributed by atoms with Crippen LogP contribution in [0.25, 0.3) is 0 Å². The lowest BCUT2D eigenvalue weighted by Crippen LogP contribution is -2.31. The van der Waals surface area contributed by atoms with Gasteiger partial charge in [-0.3, -0.25) is 0 Å². The van der Waals surface area contributed by atoms with E-state index in [1.807, 2.05) is 12.4 Å². The number of rotatable bonds is 7. The van der Waals surface area contributed by atoms with Crippen molar-refractivity contribution >= 4 is 28.5 Å². The smallest absolute Gasteiger partial charge is 0.225 e. The third-order valence-electron chi connectivity index (χ3n) is 2.09. The first-order chi connectivity index (χ1) is 7.77. The zero-order chi connectivity index (χ0) is 11.8. The number of ether oxygens (including phenoxy) is 1. The zero-order valence-corrected chi connectivity index (χ0v) is 11.6. The highest BCUT2D eigenvalue weighted by Gasteiger charge is 2.08. The number of methoxy groups -OCH3 is 1. The first-order valence-corrected chi connectivity index (χ1v) is 6.27. The molecule has 1 heterocycles. The van der Waals surface area contributed by atoms with E-state index in [2.05, 4.69) is 37.5 Å². The van der Waals surface area contributed by atoms with Crippen LogP contribution in [-0.2, 0) is 4.74 Å². The van der Waals surface area contributed by atoms with Crippen molar-refractivity contribution in [3.05, 3.63) is 16.0 Å². The minimum absolute atomic E-state index is 0.667. The van der Waals surface area contributed by atoms with Crippen LogP contribution in [0, 0.1) is 3.57 Å². The Morgan fingerprint density at radius 2 is 2.06 bits per heavy atom. The molecule has 0 radical (unpaired) electrons. The largest absolute Gasteiger partial charge is 0.383 e. The third-order valence-corrected chi connectivity index (χ3v) is 2.64. The van der Waals surface area contributed by atoms with Gasteiger partial charge in [-0.1, -0.05) is 0 Å². The molecule has 1 aromatic rings. The highest BCUT2D eigenvalue weighted by molar-refractivity contribution is 14.1. The molecule has 0 unspecified atom stereocenters. The fourth-order valence-corrected chi connectivity index (χ4v) is 1.54. The molecule has 0 saturated carbocycles. The second-order valence-corrected chi connectivity index (χ2v) is 4.57. The minimum Gasteiger partial charge on any atom is -0.383 e. The second kappa shape index (κ2) is 7.75. The average Bonchev–Trinajstić information content (AvgIpc) is 2.31. The molecule has 1 rings (SSSR count).